The number of nitrogens with one attached hydrogen (secondary N) is 1. The van der Waals surface area contributed by atoms with E-state index in [4.69, 9.17) is 14.2 Å². The van der Waals surface area contributed by atoms with E-state index in [1.54, 1.807) is 0 Å². The maximum absolute atomic E-state index is 11.8. The second-order valence-corrected chi connectivity index (χ2v) is 4.08. The van der Waals surface area contributed by atoms with E-state index in [9.17, 15) is 4.79 Å². The number of hydrogen-bond acceptors (Lipinski definition) is 5. The third kappa shape index (κ3) is 2.06. The second kappa shape index (κ2) is 4.25. The summed E-state index contributed by atoms with van der Waals surface area (Å²) in [4.78, 5) is 11.8. The number of para-hydroxylation sites is 2. The lowest BCUT2D eigenvalue weighted by molar-refractivity contribution is -0.179. The zero-order valence-electron chi connectivity index (χ0n) is 9.22. The lowest BCUT2D eigenvalue weighted by Crippen LogP contribution is -2.45. The molecule has 1 aromatic carbocycles. The predicted octanol–water partition coefficient (Wildman–Crippen LogP) is 0.801. The molecule has 0 bridgehead atoms. The summed E-state index contributed by atoms with van der Waals surface area (Å²) in [5, 5.41) is 3.15. The summed E-state index contributed by atoms with van der Waals surface area (Å²) in [5.41, 5.74) is 0.906. The Kier molecular flexibility index (Phi) is 2.60. The fraction of sp³-hybridized carbons (Fsp3) is 0.417. The van der Waals surface area contributed by atoms with Gasteiger partial charge in [-0.3, -0.25) is 0 Å². The molecule has 2 aliphatic rings. The van der Waals surface area contributed by atoms with E-state index >= 15 is 0 Å². The van der Waals surface area contributed by atoms with Crippen molar-refractivity contribution in [3.8, 4) is 5.75 Å². The Hall–Kier alpha value is -1.75. The van der Waals surface area contributed by atoms with Crippen molar-refractivity contribution in [2.75, 3.05) is 25.1 Å². The Balaban J connectivity index is 1.64. The summed E-state index contributed by atoms with van der Waals surface area (Å²) in [6.45, 7) is 1.41. The summed E-state index contributed by atoms with van der Waals surface area (Å²) < 4.78 is 15.7. The highest BCUT2D eigenvalue weighted by molar-refractivity contribution is 5.78. The second-order valence-electron chi connectivity index (χ2n) is 4.08. The van der Waals surface area contributed by atoms with E-state index < -0.39 is 6.10 Å². The lowest BCUT2D eigenvalue weighted by Gasteiger charge is -2.30. The molecule has 90 valence electrons. The Labute approximate surface area is 98.7 Å². The van der Waals surface area contributed by atoms with Crippen molar-refractivity contribution in [3.05, 3.63) is 24.3 Å². The van der Waals surface area contributed by atoms with Crippen molar-refractivity contribution in [3.63, 3.8) is 0 Å². The summed E-state index contributed by atoms with van der Waals surface area (Å²) in [7, 11) is 0. The number of rotatable bonds is 2. The van der Waals surface area contributed by atoms with Crippen LogP contribution < -0.4 is 10.1 Å². The van der Waals surface area contributed by atoms with Gasteiger partial charge in [0, 0.05) is 0 Å². The van der Waals surface area contributed by atoms with Crippen LogP contribution in [0.3, 0.4) is 0 Å². The maximum atomic E-state index is 11.8. The van der Waals surface area contributed by atoms with E-state index in [1.165, 1.54) is 0 Å². The first-order valence-corrected chi connectivity index (χ1v) is 5.61. The molecule has 17 heavy (non-hydrogen) atoms. The molecule has 1 unspecified atom stereocenters. The standard InChI is InChI=1S/C12H13NO4/c14-12(16-8-6-15-7-8)11-5-13-9-3-1-2-4-10(9)17-11/h1-4,8,11,13H,5-7H2. The fourth-order valence-corrected chi connectivity index (χ4v) is 1.77. The van der Waals surface area contributed by atoms with Crippen LogP contribution in [0, 0.1) is 0 Å². The molecular weight excluding hydrogens is 222 g/mol. The molecule has 0 spiro atoms. The van der Waals surface area contributed by atoms with Gasteiger partial charge in [-0.1, -0.05) is 12.1 Å². The van der Waals surface area contributed by atoms with Crippen LogP contribution in [0.5, 0.6) is 5.75 Å². The van der Waals surface area contributed by atoms with Gasteiger partial charge in [0.2, 0.25) is 6.10 Å². The van der Waals surface area contributed by atoms with Crippen LogP contribution in [0.25, 0.3) is 0 Å². The van der Waals surface area contributed by atoms with Crippen LogP contribution in [0.15, 0.2) is 24.3 Å². The minimum atomic E-state index is -0.578. The Morgan fingerprint density at radius 3 is 2.94 bits per heavy atom. The van der Waals surface area contributed by atoms with Crippen LogP contribution in [0.1, 0.15) is 0 Å². The van der Waals surface area contributed by atoms with Gasteiger partial charge in [0.1, 0.15) is 11.9 Å². The summed E-state index contributed by atoms with van der Waals surface area (Å²) >= 11 is 0. The maximum Gasteiger partial charge on any atom is 0.349 e. The van der Waals surface area contributed by atoms with Gasteiger partial charge >= 0.3 is 5.97 Å². The van der Waals surface area contributed by atoms with Crippen LogP contribution >= 0.6 is 0 Å². The van der Waals surface area contributed by atoms with Gasteiger partial charge in [-0.15, -0.1) is 0 Å². The number of benzene rings is 1. The average Bonchev–Trinajstić information content (AvgIpc) is 2.33. The largest absolute Gasteiger partial charge is 0.475 e. The number of anilines is 1. The van der Waals surface area contributed by atoms with Crippen molar-refractivity contribution in [1.29, 1.82) is 0 Å². The number of hydrogen-bond donors (Lipinski definition) is 1. The minimum Gasteiger partial charge on any atom is -0.475 e. The molecule has 2 heterocycles. The highest BCUT2D eigenvalue weighted by Gasteiger charge is 2.31. The number of carbonyl (C=O) groups is 1. The zero-order valence-corrected chi connectivity index (χ0v) is 9.22. The van der Waals surface area contributed by atoms with Gasteiger partial charge in [0.05, 0.1) is 25.4 Å². The monoisotopic (exact) mass is 235 g/mol. The van der Waals surface area contributed by atoms with Gasteiger partial charge in [0.15, 0.2) is 0 Å². The quantitative estimate of drug-likeness (QED) is 0.768. The van der Waals surface area contributed by atoms with Crippen LogP contribution in [-0.4, -0.2) is 37.9 Å². The molecule has 0 amide bonds. The van der Waals surface area contributed by atoms with Crippen molar-refractivity contribution in [2.45, 2.75) is 12.2 Å². The highest BCUT2D eigenvalue weighted by Crippen LogP contribution is 2.28. The predicted molar refractivity (Wildman–Crippen MR) is 60.0 cm³/mol. The SMILES string of the molecule is O=C(OC1COC1)C1CNc2ccccc2O1. The van der Waals surface area contributed by atoms with Crippen LogP contribution in [-0.2, 0) is 14.3 Å². The molecule has 0 saturated carbocycles. The first-order valence-electron chi connectivity index (χ1n) is 5.61. The molecule has 0 aromatic heterocycles. The lowest BCUT2D eigenvalue weighted by atomic mass is 10.2. The fourth-order valence-electron chi connectivity index (χ4n) is 1.77. The molecule has 0 radical (unpaired) electrons. The summed E-state index contributed by atoms with van der Waals surface area (Å²) in [6.07, 6.45) is -0.686. The summed E-state index contributed by atoms with van der Waals surface area (Å²) in [5.74, 6) is 0.353. The van der Waals surface area contributed by atoms with Crippen LogP contribution in [0.2, 0.25) is 0 Å². The molecule has 5 nitrogen and oxygen atoms in total. The molecule has 0 aliphatic carbocycles. The topological polar surface area (TPSA) is 56.8 Å². The average molecular weight is 235 g/mol. The molecular formula is C12H13NO4. The molecule has 3 rings (SSSR count). The van der Waals surface area contributed by atoms with E-state index in [2.05, 4.69) is 5.32 Å². The van der Waals surface area contributed by atoms with Gasteiger partial charge in [-0.2, -0.15) is 0 Å². The number of carbonyl (C=O) groups excluding carboxylic acids is 1. The Morgan fingerprint density at radius 2 is 2.18 bits per heavy atom. The molecule has 1 N–H and O–H groups in total. The van der Waals surface area contributed by atoms with Crippen molar-refractivity contribution >= 4 is 11.7 Å². The van der Waals surface area contributed by atoms with Gasteiger partial charge in [-0.25, -0.2) is 4.79 Å². The number of esters is 1. The Morgan fingerprint density at radius 1 is 1.35 bits per heavy atom. The van der Waals surface area contributed by atoms with Crippen molar-refractivity contribution in [2.24, 2.45) is 0 Å². The van der Waals surface area contributed by atoms with E-state index in [0.29, 0.717) is 25.5 Å². The third-order valence-electron chi connectivity index (χ3n) is 2.79. The molecule has 2 aliphatic heterocycles. The van der Waals surface area contributed by atoms with Gasteiger partial charge in [-0.05, 0) is 12.1 Å². The van der Waals surface area contributed by atoms with Gasteiger partial charge in [0.25, 0.3) is 0 Å². The van der Waals surface area contributed by atoms with E-state index in [-0.39, 0.29) is 12.1 Å². The van der Waals surface area contributed by atoms with Crippen molar-refractivity contribution < 1.29 is 19.0 Å². The molecule has 1 saturated heterocycles. The molecule has 1 fully saturated rings. The van der Waals surface area contributed by atoms with E-state index in [0.717, 1.165) is 5.69 Å². The van der Waals surface area contributed by atoms with Crippen molar-refractivity contribution in [1.82, 2.24) is 0 Å². The normalized spacial score (nSPS) is 22.7. The van der Waals surface area contributed by atoms with Gasteiger partial charge < -0.3 is 19.5 Å². The van der Waals surface area contributed by atoms with E-state index in [1.807, 2.05) is 24.3 Å². The molecule has 1 atom stereocenters. The smallest absolute Gasteiger partial charge is 0.349 e. The minimum absolute atomic E-state index is 0.108. The molecule has 5 heteroatoms. The number of fused-ring (bicyclic) bond motifs is 1. The Bertz CT molecular complexity index is 430. The third-order valence-corrected chi connectivity index (χ3v) is 2.79. The highest BCUT2D eigenvalue weighted by atomic mass is 16.6. The first-order chi connectivity index (χ1) is 8.33. The van der Waals surface area contributed by atoms with Crippen LogP contribution in [0.4, 0.5) is 5.69 Å². The summed E-state index contributed by atoms with van der Waals surface area (Å²) in [6, 6.07) is 7.53. The zero-order chi connectivity index (χ0) is 11.7. The first kappa shape index (κ1) is 10.4. The molecule has 1 aromatic rings. The number of ether oxygens (including phenoxy) is 3.